The van der Waals surface area contributed by atoms with E-state index in [0.717, 1.165) is 32.1 Å². The number of halogens is 2. The lowest BCUT2D eigenvalue weighted by Gasteiger charge is -2.18. The number of methoxy groups -OCH3 is 1. The molecular formula is C28H31F2N7O3. The van der Waals surface area contributed by atoms with E-state index in [1.807, 2.05) is 6.08 Å². The number of hydrogen-bond acceptors (Lipinski definition) is 8. The van der Waals surface area contributed by atoms with Gasteiger partial charge < -0.3 is 20.1 Å². The van der Waals surface area contributed by atoms with Crippen molar-refractivity contribution in [3.8, 4) is 11.5 Å². The van der Waals surface area contributed by atoms with Gasteiger partial charge in [0.05, 0.1) is 31.3 Å². The zero-order valence-electron chi connectivity index (χ0n) is 22.3. The topological polar surface area (TPSA) is 117 Å². The molecule has 2 aromatic carbocycles. The van der Waals surface area contributed by atoms with Gasteiger partial charge in [-0.1, -0.05) is 19.1 Å². The molecule has 0 atom stereocenters. The molecule has 3 N–H and O–H groups in total. The molecule has 0 fully saturated rings. The molecule has 10 nitrogen and oxygen atoms in total. The minimum Gasteiger partial charge on any atom is -0.493 e. The second-order valence-electron chi connectivity index (χ2n) is 8.86. The average Bonchev–Trinajstić information content (AvgIpc) is 3.39. The van der Waals surface area contributed by atoms with E-state index in [2.05, 4.69) is 49.2 Å². The second kappa shape index (κ2) is 13.5. The summed E-state index contributed by atoms with van der Waals surface area (Å²) in [6.07, 6.45) is 4.02. The quantitative estimate of drug-likeness (QED) is 0.151. The maximum atomic E-state index is 13.8. The van der Waals surface area contributed by atoms with Gasteiger partial charge in [0.2, 0.25) is 5.91 Å². The van der Waals surface area contributed by atoms with Crippen LogP contribution >= 0.6 is 0 Å². The number of nitrogens with zero attached hydrogens (tertiary/aromatic N) is 4. The van der Waals surface area contributed by atoms with Crippen molar-refractivity contribution in [1.82, 2.24) is 25.1 Å². The summed E-state index contributed by atoms with van der Waals surface area (Å²) < 4.78 is 38.8. The summed E-state index contributed by atoms with van der Waals surface area (Å²) in [7, 11) is 1.56. The molecule has 4 aromatic rings. The Balaban J connectivity index is 1.42. The maximum Gasteiger partial charge on any atom is 0.230 e. The standard InChI is InChI=1S/C28H31F2N7O3/c1-4-10-37(5-2)11-7-12-40-24-16-22-19(15-23(24)39-3)28(32-17-31-22)34-25-13-18(35-36-25)14-26(38)33-21-9-6-8-20(29)27(21)30/h4,6,8-9,13,15-17H,1,5,7,10-12,14H2,2-3H3,(H,33,38)(H2,31,32,34,35,36). The van der Waals surface area contributed by atoms with Crippen LogP contribution in [0, 0.1) is 11.6 Å². The Morgan fingerprint density at radius 2 is 2.05 bits per heavy atom. The molecular weight excluding hydrogens is 520 g/mol. The van der Waals surface area contributed by atoms with Gasteiger partial charge in [0.15, 0.2) is 29.0 Å². The molecule has 0 saturated heterocycles. The van der Waals surface area contributed by atoms with Gasteiger partial charge in [-0.3, -0.25) is 14.8 Å². The van der Waals surface area contributed by atoms with Crippen LogP contribution in [0.1, 0.15) is 19.0 Å². The van der Waals surface area contributed by atoms with Crippen LogP contribution in [0.15, 0.2) is 55.4 Å². The van der Waals surface area contributed by atoms with Crippen molar-refractivity contribution >= 4 is 34.1 Å². The molecule has 0 radical (unpaired) electrons. The fraction of sp³-hybridized carbons (Fsp3) is 0.286. The molecule has 210 valence electrons. The number of anilines is 3. The van der Waals surface area contributed by atoms with E-state index in [4.69, 9.17) is 9.47 Å². The molecule has 40 heavy (non-hydrogen) atoms. The number of benzene rings is 2. The van der Waals surface area contributed by atoms with Crippen LogP contribution in [-0.2, 0) is 11.2 Å². The van der Waals surface area contributed by atoms with Gasteiger partial charge in [-0.15, -0.1) is 6.58 Å². The van der Waals surface area contributed by atoms with Gasteiger partial charge in [-0.05, 0) is 31.2 Å². The summed E-state index contributed by atoms with van der Waals surface area (Å²) in [5.41, 5.74) is 0.865. The van der Waals surface area contributed by atoms with Crippen LogP contribution < -0.4 is 20.1 Å². The van der Waals surface area contributed by atoms with Crippen molar-refractivity contribution in [3.05, 3.63) is 72.7 Å². The molecule has 12 heteroatoms. The van der Waals surface area contributed by atoms with Crippen molar-refractivity contribution in [2.45, 2.75) is 19.8 Å². The fourth-order valence-electron chi connectivity index (χ4n) is 4.07. The van der Waals surface area contributed by atoms with Crippen molar-refractivity contribution in [3.63, 3.8) is 0 Å². The Morgan fingerprint density at radius 3 is 2.83 bits per heavy atom. The van der Waals surface area contributed by atoms with Crippen LogP contribution in [-0.4, -0.2) is 64.3 Å². The van der Waals surface area contributed by atoms with E-state index < -0.39 is 17.5 Å². The molecule has 4 rings (SSSR count). The Bertz CT molecular complexity index is 1480. The lowest BCUT2D eigenvalue weighted by atomic mass is 10.2. The minimum absolute atomic E-state index is 0.132. The van der Waals surface area contributed by atoms with Crippen LogP contribution in [0.4, 0.5) is 26.1 Å². The zero-order chi connectivity index (χ0) is 28.5. The molecule has 0 bridgehead atoms. The Hall–Kier alpha value is -4.58. The number of carbonyl (C=O) groups excluding carboxylic acids is 1. The van der Waals surface area contributed by atoms with Crippen LogP contribution in [0.3, 0.4) is 0 Å². The zero-order valence-corrected chi connectivity index (χ0v) is 22.3. The third kappa shape index (κ3) is 7.08. The lowest BCUT2D eigenvalue weighted by molar-refractivity contribution is -0.115. The number of carbonyl (C=O) groups is 1. The lowest BCUT2D eigenvalue weighted by Crippen LogP contribution is -2.25. The van der Waals surface area contributed by atoms with Crippen molar-refractivity contribution < 1.29 is 23.0 Å². The minimum atomic E-state index is -1.12. The smallest absolute Gasteiger partial charge is 0.230 e. The second-order valence-corrected chi connectivity index (χ2v) is 8.86. The van der Waals surface area contributed by atoms with Gasteiger partial charge in [0, 0.05) is 36.3 Å². The molecule has 0 saturated carbocycles. The van der Waals surface area contributed by atoms with E-state index in [0.29, 0.717) is 46.3 Å². The third-order valence-corrected chi connectivity index (χ3v) is 6.09. The van der Waals surface area contributed by atoms with Crippen molar-refractivity contribution in [1.29, 1.82) is 0 Å². The third-order valence-electron chi connectivity index (χ3n) is 6.09. The van der Waals surface area contributed by atoms with Crippen LogP contribution in [0.5, 0.6) is 11.5 Å². The first kappa shape index (κ1) is 28.4. The van der Waals surface area contributed by atoms with Gasteiger partial charge in [0.25, 0.3) is 0 Å². The number of amides is 1. The van der Waals surface area contributed by atoms with Gasteiger partial charge in [0.1, 0.15) is 12.1 Å². The van der Waals surface area contributed by atoms with E-state index >= 15 is 0 Å². The summed E-state index contributed by atoms with van der Waals surface area (Å²) in [4.78, 5) is 23.3. The number of likely N-dealkylation sites (N-methyl/N-ethyl adjacent to an activating group) is 1. The number of aromatic nitrogens is 4. The van der Waals surface area contributed by atoms with E-state index in [1.165, 1.54) is 18.5 Å². The first-order valence-electron chi connectivity index (χ1n) is 12.8. The number of aromatic amines is 1. The highest BCUT2D eigenvalue weighted by Crippen LogP contribution is 2.34. The Kier molecular flexibility index (Phi) is 9.57. The summed E-state index contributed by atoms with van der Waals surface area (Å²) in [6, 6.07) is 8.78. The predicted octanol–water partition coefficient (Wildman–Crippen LogP) is 4.84. The van der Waals surface area contributed by atoms with E-state index in [1.54, 1.807) is 25.3 Å². The molecule has 2 aromatic heterocycles. The number of ether oxygens (including phenoxy) is 2. The van der Waals surface area contributed by atoms with Gasteiger partial charge in [-0.2, -0.15) is 5.10 Å². The SMILES string of the molecule is C=CCN(CC)CCCOc1cc2ncnc(Nc3cc(CC(=O)Nc4cccc(F)c4F)[nH]n3)c2cc1OC. The van der Waals surface area contributed by atoms with E-state index in [9.17, 15) is 13.6 Å². The molecule has 0 aliphatic heterocycles. The highest BCUT2D eigenvalue weighted by atomic mass is 19.2. The summed E-state index contributed by atoms with van der Waals surface area (Å²) in [5.74, 6) is -0.703. The molecule has 0 aliphatic carbocycles. The predicted molar refractivity (Wildman–Crippen MR) is 149 cm³/mol. The summed E-state index contributed by atoms with van der Waals surface area (Å²) in [5, 5.41) is 13.1. The largest absolute Gasteiger partial charge is 0.493 e. The number of rotatable bonds is 14. The molecule has 0 aliphatic rings. The van der Waals surface area contributed by atoms with Crippen LogP contribution in [0.25, 0.3) is 10.9 Å². The molecule has 2 heterocycles. The fourth-order valence-corrected chi connectivity index (χ4v) is 4.07. The first-order chi connectivity index (χ1) is 19.4. The maximum absolute atomic E-state index is 13.8. The highest BCUT2D eigenvalue weighted by molar-refractivity contribution is 5.93. The number of hydrogen-bond donors (Lipinski definition) is 3. The first-order valence-corrected chi connectivity index (χ1v) is 12.8. The van der Waals surface area contributed by atoms with Crippen molar-refractivity contribution in [2.24, 2.45) is 0 Å². The summed E-state index contributed by atoms with van der Waals surface area (Å²) >= 11 is 0. The highest BCUT2D eigenvalue weighted by Gasteiger charge is 2.15. The van der Waals surface area contributed by atoms with Gasteiger partial charge in [-0.25, -0.2) is 18.7 Å². The molecule has 0 unspecified atom stereocenters. The van der Waals surface area contributed by atoms with Crippen LogP contribution in [0.2, 0.25) is 0 Å². The number of fused-ring (bicyclic) bond motifs is 1. The normalized spacial score (nSPS) is 11.0. The molecule has 1 amide bonds. The molecule has 0 spiro atoms. The number of nitrogens with one attached hydrogen (secondary N) is 3. The Labute approximate surface area is 230 Å². The van der Waals surface area contributed by atoms with Crippen molar-refractivity contribution in [2.75, 3.05) is 44.0 Å². The van der Waals surface area contributed by atoms with Gasteiger partial charge >= 0.3 is 0 Å². The Morgan fingerprint density at radius 1 is 1.20 bits per heavy atom. The number of H-pyrrole nitrogens is 1. The summed E-state index contributed by atoms with van der Waals surface area (Å²) in [6.45, 7) is 9.09. The average molecular weight is 552 g/mol. The van der Waals surface area contributed by atoms with E-state index in [-0.39, 0.29) is 12.1 Å². The monoisotopic (exact) mass is 551 g/mol.